The molecule has 0 saturated carbocycles. The summed E-state index contributed by atoms with van der Waals surface area (Å²) in [7, 11) is 0. The molecule has 1 amide bonds. The van der Waals surface area contributed by atoms with Gasteiger partial charge in [-0.25, -0.2) is 4.98 Å². The summed E-state index contributed by atoms with van der Waals surface area (Å²) in [5.74, 6) is 0.0483. The van der Waals surface area contributed by atoms with Gasteiger partial charge in [-0.15, -0.1) is 0 Å². The molecule has 0 aliphatic carbocycles. The second kappa shape index (κ2) is 5.27. The predicted octanol–water partition coefficient (Wildman–Crippen LogP) is 1.67. The van der Waals surface area contributed by atoms with Gasteiger partial charge in [0, 0.05) is 12.7 Å². The first-order chi connectivity index (χ1) is 7.77. The van der Waals surface area contributed by atoms with Gasteiger partial charge >= 0.3 is 0 Å². The summed E-state index contributed by atoms with van der Waals surface area (Å²) in [5.41, 5.74) is 0.583. The van der Waals surface area contributed by atoms with Crippen LogP contribution in [0.25, 0.3) is 0 Å². The van der Waals surface area contributed by atoms with E-state index >= 15 is 0 Å². The smallest absolute Gasteiger partial charge is 0.228 e. The molecule has 2 heterocycles. The molecule has 0 unspecified atom stereocenters. The average molecular weight is 240 g/mol. The third-order valence-electron chi connectivity index (χ3n) is 2.68. The lowest BCUT2D eigenvalue weighted by molar-refractivity contribution is -0.120. The van der Waals surface area contributed by atoms with Crippen molar-refractivity contribution in [2.24, 2.45) is 5.92 Å². The summed E-state index contributed by atoms with van der Waals surface area (Å²) in [4.78, 5) is 15.8. The Morgan fingerprint density at radius 1 is 1.62 bits per heavy atom. The second-order valence-corrected chi connectivity index (χ2v) is 4.23. The number of rotatable bonds is 2. The molecule has 1 aromatic heterocycles. The minimum Gasteiger partial charge on any atom is -0.323 e. The molecule has 5 heteroatoms. The van der Waals surface area contributed by atoms with Crippen LogP contribution in [0.4, 0.5) is 5.69 Å². The molecule has 0 aromatic carbocycles. The van der Waals surface area contributed by atoms with Crippen LogP contribution < -0.4 is 10.6 Å². The maximum absolute atomic E-state index is 11.9. The topological polar surface area (TPSA) is 54.0 Å². The number of hydrogen-bond donors (Lipinski definition) is 2. The van der Waals surface area contributed by atoms with E-state index in [-0.39, 0.29) is 11.8 Å². The fourth-order valence-electron chi connectivity index (χ4n) is 1.79. The number of halogens is 1. The fraction of sp³-hybridized carbons (Fsp3) is 0.455. The molecule has 0 radical (unpaired) electrons. The Morgan fingerprint density at radius 3 is 3.19 bits per heavy atom. The van der Waals surface area contributed by atoms with E-state index in [1.165, 1.54) is 0 Å². The summed E-state index contributed by atoms with van der Waals surface area (Å²) < 4.78 is 0. The molecular weight excluding hydrogens is 226 g/mol. The van der Waals surface area contributed by atoms with Crippen LogP contribution in [0.15, 0.2) is 18.3 Å². The fourth-order valence-corrected chi connectivity index (χ4v) is 1.96. The van der Waals surface area contributed by atoms with E-state index in [4.69, 9.17) is 11.6 Å². The number of carbonyl (C=O) groups is 1. The van der Waals surface area contributed by atoms with Crippen LogP contribution in [0.5, 0.6) is 0 Å². The number of amides is 1. The molecule has 1 atom stereocenters. The van der Waals surface area contributed by atoms with Crippen molar-refractivity contribution in [2.45, 2.75) is 12.8 Å². The molecule has 0 spiro atoms. The van der Waals surface area contributed by atoms with Gasteiger partial charge in [0.1, 0.15) is 0 Å². The Morgan fingerprint density at radius 2 is 2.50 bits per heavy atom. The molecule has 0 bridgehead atoms. The molecule has 2 rings (SSSR count). The lowest BCUT2D eigenvalue weighted by Gasteiger charge is -2.21. The van der Waals surface area contributed by atoms with E-state index in [1.54, 1.807) is 18.3 Å². The number of anilines is 1. The molecule has 2 N–H and O–H groups in total. The van der Waals surface area contributed by atoms with Crippen LogP contribution in [0.1, 0.15) is 12.8 Å². The van der Waals surface area contributed by atoms with Gasteiger partial charge in [-0.1, -0.05) is 11.6 Å². The Labute approximate surface area is 99.4 Å². The van der Waals surface area contributed by atoms with E-state index in [1.807, 2.05) is 0 Å². The minimum absolute atomic E-state index is 0.0158. The van der Waals surface area contributed by atoms with Crippen LogP contribution in [-0.2, 0) is 4.79 Å². The van der Waals surface area contributed by atoms with Crippen molar-refractivity contribution in [3.63, 3.8) is 0 Å². The van der Waals surface area contributed by atoms with Gasteiger partial charge in [-0.3, -0.25) is 4.79 Å². The highest BCUT2D eigenvalue weighted by atomic mass is 35.5. The summed E-state index contributed by atoms with van der Waals surface area (Å²) in [6, 6.07) is 3.50. The number of nitrogens with zero attached hydrogens (tertiary/aromatic N) is 1. The number of piperidine rings is 1. The molecule has 1 aliphatic rings. The number of nitrogens with one attached hydrogen (secondary N) is 2. The molecule has 1 aliphatic heterocycles. The summed E-state index contributed by atoms with van der Waals surface area (Å²) >= 11 is 5.87. The summed E-state index contributed by atoms with van der Waals surface area (Å²) in [6.45, 7) is 1.74. The van der Waals surface area contributed by atoms with E-state index < -0.39 is 0 Å². The third kappa shape index (κ3) is 2.71. The Balaban J connectivity index is 1.99. The normalized spacial score (nSPS) is 20.4. The standard InChI is InChI=1S/C11H14ClN3O/c12-10-9(4-2-6-14-10)15-11(16)8-3-1-5-13-7-8/h2,4,6,8,13H,1,3,5,7H2,(H,15,16)/t8-/m0/s1. The monoisotopic (exact) mass is 239 g/mol. The Kier molecular flexibility index (Phi) is 3.74. The van der Waals surface area contributed by atoms with Crippen molar-refractivity contribution < 1.29 is 4.79 Å². The average Bonchev–Trinajstić information content (AvgIpc) is 2.33. The number of aromatic nitrogens is 1. The first-order valence-corrected chi connectivity index (χ1v) is 5.77. The number of pyridine rings is 1. The maximum atomic E-state index is 11.9. The molecule has 4 nitrogen and oxygen atoms in total. The quantitative estimate of drug-likeness (QED) is 0.772. The van der Waals surface area contributed by atoms with E-state index in [9.17, 15) is 4.79 Å². The summed E-state index contributed by atoms with van der Waals surface area (Å²) in [6.07, 6.45) is 3.57. The van der Waals surface area contributed by atoms with Crippen LogP contribution in [0.3, 0.4) is 0 Å². The lowest BCUT2D eigenvalue weighted by atomic mass is 9.99. The SMILES string of the molecule is O=C(Nc1cccnc1Cl)[C@H]1CCCNC1. The minimum atomic E-state index is 0.0158. The molecular formula is C11H14ClN3O. The van der Waals surface area contributed by atoms with Gasteiger partial charge in [0.05, 0.1) is 11.6 Å². The summed E-state index contributed by atoms with van der Waals surface area (Å²) in [5, 5.41) is 6.35. The molecule has 1 saturated heterocycles. The molecule has 16 heavy (non-hydrogen) atoms. The van der Waals surface area contributed by atoms with E-state index in [0.717, 1.165) is 25.9 Å². The molecule has 86 valence electrons. The molecule has 1 aromatic rings. The highest BCUT2D eigenvalue weighted by Gasteiger charge is 2.21. The predicted molar refractivity (Wildman–Crippen MR) is 63.5 cm³/mol. The largest absolute Gasteiger partial charge is 0.323 e. The second-order valence-electron chi connectivity index (χ2n) is 3.87. The van der Waals surface area contributed by atoms with E-state index in [0.29, 0.717) is 10.8 Å². The van der Waals surface area contributed by atoms with E-state index in [2.05, 4.69) is 15.6 Å². The van der Waals surface area contributed by atoms with Crippen LogP contribution >= 0.6 is 11.6 Å². The van der Waals surface area contributed by atoms with Crippen LogP contribution in [0.2, 0.25) is 5.15 Å². The van der Waals surface area contributed by atoms with Crippen LogP contribution in [-0.4, -0.2) is 24.0 Å². The molecule has 1 fully saturated rings. The van der Waals surface area contributed by atoms with Gasteiger partial charge < -0.3 is 10.6 Å². The number of carbonyl (C=O) groups excluding carboxylic acids is 1. The van der Waals surface area contributed by atoms with Crippen molar-refractivity contribution in [1.82, 2.24) is 10.3 Å². The zero-order valence-corrected chi connectivity index (χ0v) is 9.63. The Bertz CT molecular complexity index is 377. The lowest BCUT2D eigenvalue weighted by Crippen LogP contribution is -2.37. The first kappa shape index (κ1) is 11.4. The van der Waals surface area contributed by atoms with Crippen molar-refractivity contribution >= 4 is 23.2 Å². The van der Waals surface area contributed by atoms with Gasteiger partial charge in [-0.2, -0.15) is 0 Å². The van der Waals surface area contributed by atoms with Gasteiger partial charge in [0.15, 0.2) is 5.15 Å². The third-order valence-corrected chi connectivity index (χ3v) is 2.99. The Hall–Kier alpha value is -1.13. The zero-order valence-electron chi connectivity index (χ0n) is 8.87. The first-order valence-electron chi connectivity index (χ1n) is 5.39. The van der Waals surface area contributed by atoms with Gasteiger partial charge in [0.25, 0.3) is 0 Å². The van der Waals surface area contributed by atoms with Crippen molar-refractivity contribution in [1.29, 1.82) is 0 Å². The van der Waals surface area contributed by atoms with Crippen molar-refractivity contribution in [2.75, 3.05) is 18.4 Å². The maximum Gasteiger partial charge on any atom is 0.228 e. The highest BCUT2D eigenvalue weighted by molar-refractivity contribution is 6.32. The van der Waals surface area contributed by atoms with Crippen LogP contribution in [0, 0.1) is 5.92 Å². The number of hydrogen-bond acceptors (Lipinski definition) is 3. The van der Waals surface area contributed by atoms with Crippen molar-refractivity contribution in [3.05, 3.63) is 23.5 Å². The van der Waals surface area contributed by atoms with Gasteiger partial charge in [-0.05, 0) is 31.5 Å². The van der Waals surface area contributed by atoms with Gasteiger partial charge in [0.2, 0.25) is 5.91 Å². The van der Waals surface area contributed by atoms with Crippen molar-refractivity contribution in [3.8, 4) is 0 Å². The highest BCUT2D eigenvalue weighted by Crippen LogP contribution is 2.19. The zero-order chi connectivity index (χ0) is 11.4.